The standard InChI is InChI=1S/C30H48O2/c1-3-5-7-9-11-13-15-17-18-20-22-24-26-28-30(31)32-29-27-25-23-21-19-16-14-12-10-8-6-4-2/h4,6,8,10,12,14,16,19,21,23,25,27H,3,5,7,9,11,13,15,17-18,20,22,24,26,28-29H2,1-2H3/b6-4+,10-8+,14-12+,19-16+,23-21+,27-25+. The maximum Gasteiger partial charge on any atom is 0.306 e. The maximum absolute atomic E-state index is 11.7. The Hall–Kier alpha value is -2.09. The van der Waals surface area contributed by atoms with Crippen LogP contribution in [-0.4, -0.2) is 12.6 Å². The normalized spacial score (nSPS) is 12.7. The molecule has 0 aromatic rings. The molecular formula is C30H48O2. The Morgan fingerprint density at radius 1 is 0.562 bits per heavy atom. The number of unbranched alkanes of at least 4 members (excludes halogenated alkanes) is 12. The van der Waals surface area contributed by atoms with Gasteiger partial charge in [0, 0.05) is 6.42 Å². The van der Waals surface area contributed by atoms with Crippen molar-refractivity contribution in [2.24, 2.45) is 0 Å². The van der Waals surface area contributed by atoms with Crippen molar-refractivity contribution in [3.63, 3.8) is 0 Å². The van der Waals surface area contributed by atoms with E-state index in [9.17, 15) is 4.79 Å². The van der Waals surface area contributed by atoms with Crippen LogP contribution in [0.1, 0.15) is 104 Å². The molecule has 0 saturated carbocycles. The number of hydrogen-bond acceptors (Lipinski definition) is 2. The summed E-state index contributed by atoms with van der Waals surface area (Å²) in [5.41, 5.74) is 0. The van der Waals surface area contributed by atoms with Gasteiger partial charge >= 0.3 is 5.97 Å². The molecule has 0 heterocycles. The predicted molar refractivity (Wildman–Crippen MR) is 142 cm³/mol. The van der Waals surface area contributed by atoms with Crippen molar-refractivity contribution in [3.05, 3.63) is 72.9 Å². The fraction of sp³-hybridized carbons (Fsp3) is 0.567. The van der Waals surface area contributed by atoms with Crippen molar-refractivity contribution in [3.8, 4) is 0 Å². The van der Waals surface area contributed by atoms with Gasteiger partial charge in [0.1, 0.15) is 6.61 Å². The minimum Gasteiger partial charge on any atom is -0.461 e. The molecule has 180 valence electrons. The Morgan fingerprint density at radius 3 is 1.44 bits per heavy atom. The average Bonchev–Trinajstić information content (AvgIpc) is 2.80. The first-order valence-corrected chi connectivity index (χ1v) is 12.9. The van der Waals surface area contributed by atoms with E-state index >= 15 is 0 Å². The number of rotatable bonds is 21. The van der Waals surface area contributed by atoms with E-state index in [1.54, 1.807) is 0 Å². The van der Waals surface area contributed by atoms with E-state index in [0.29, 0.717) is 13.0 Å². The van der Waals surface area contributed by atoms with E-state index in [1.165, 1.54) is 70.6 Å². The van der Waals surface area contributed by atoms with Crippen LogP contribution in [0.15, 0.2) is 72.9 Å². The largest absolute Gasteiger partial charge is 0.461 e. The molecule has 0 amide bonds. The molecule has 0 aromatic heterocycles. The lowest BCUT2D eigenvalue weighted by Crippen LogP contribution is -2.03. The zero-order valence-electron chi connectivity index (χ0n) is 20.9. The highest BCUT2D eigenvalue weighted by Gasteiger charge is 2.01. The molecular weight excluding hydrogens is 392 g/mol. The van der Waals surface area contributed by atoms with Crippen molar-refractivity contribution in [1.82, 2.24) is 0 Å². The molecule has 0 bridgehead atoms. The fourth-order valence-corrected chi connectivity index (χ4v) is 3.26. The lowest BCUT2D eigenvalue weighted by Gasteiger charge is -2.03. The highest BCUT2D eigenvalue weighted by molar-refractivity contribution is 5.69. The number of carbonyl (C=O) groups is 1. The first kappa shape index (κ1) is 29.9. The van der Waals surface area contributed by atoms with Gasteiger partial charge in [0.15, 0.2) is 0 Å². The van der Waals surface area contributed by atoms with Crippen LogP contribution in [0.5, 0.6) is 0 Å². The van der Waals surface area contributed by atoms with Crippen LogP contribution in [0, 0.1) is 0 Å². The quantitative estimate of drug-likeness (QED) is 0.101. The summed E-state index contributed by atoms with van der Waals surface area (Å²) in [7, 11) is 0. The summed E-state index contributed by atoms with van der Waals surface area (Å²) in [6.45, 7) is 4.61. The molecule has 0 rings (SSSR count). The van der Waals surface area contributed by atoms with Gasteiger partial charge in [0.2, 0.25) is 0 Å². The van der Waals surface area contributed by atoms with Crippen LogP contribution < -0.4 is 0 Å². The molecule has 0 aliphatic carbocycles. The fourth-order valence-electron chi connectivity index (χ4n) is 3.26. The number of ether oxygens (including phenoxy) is 1. The number of esters is 1. The molecule has 0 aliphatic heterocycles. The second kappa shape index (κ2) is 26.9. The van der Waals surface area contributed by atoms with E-state index in [0.717, 1.165) is 12.8 Å². The van der Waals surface area contributed by atoms with Gasteiger partial charge in [-0.15, -0.1) is 0 Å². The number of hydrogen-bond donors (Lipinski definition) is 0. The molecule has 0 saturated heterocycles. The number of carbonyl (C=O) groups excluding carboxylic acids is 1. The van der Waals surface area contributed by atoms with E-state index in [1.807, 2.05) is 79.8 Å². The summed E-state index contributed by atoms with van der Waals surface area (Å²) >= 11 is 0. The smallest absolute Gasteiger partial charge is 0.306 e. The number of allylic oxidation sites excluding steroid dienone is 11. The van der Waals surface area contributed by atoms with Gasteiger partial charge in [-0.2, -0.15) is 0 Å². The van der Waals surface area contributed by atoms with Gasteiger partial charge in [0.05, 0.1) is 0 Å². The van der Waals surface area contributed by atoms with Crippen molar-refractivity contribution < 1.29 is 9.53 Å². The molecule has 0 spiro atoms. The van der Waals surface area contributed by atoms with Gasteiger partial charge in [-0.25, -0.2) is 0 Å². The minimum atomic E-state index is -0.0855. The van der Waals surface area contributed by atoms with Crippen LogP contribution in [0.25, 0.3) is 0 Å². The van der Waals surface area contributed by atoms with E-state index in [4.69, 9.17) is 4.74 Å². The van der Waals surface area contributed by atoms with Gasteiger partial charge in [-0.05, 0) is 19.4 Å². The van der Waals surface area contributed by atoms with Crippen LogP contribution in [0.3, 0.4) is 0 Å². The zero-order valence-corrected chi connectivity index (χ0v) is 20.9. The lowest BCUT2D eigenvalue weighted by molar-refractivity contribution is -0.142. The molecule has 0 unspecified atom stereocenters. The molecule has 0 radical (unpaired) electrons. The summed E-state index contributed by atoms with van der Waals surface area (Å²) in [4.78, 5) is 11.7. The highest BCUT2D eigenvalue weighted by atomic mass is 16.5. The van der Waals surface area contributed by atoms with Crippen molar-refractivity contribution >= 4 is 5.97 Å². The SMILES string of the molecule is C/C=C/C=C/C=C/C=C/C=C/C=C/COC(=O)CCCCCCCCCCCCCCC. The molecule has 0 aromatic carbocycles. The molecule has 2 heteroatoms. The zero-order chi connectivity index (χ0) is 23.4. The molecule has 0 aliphatic rings. The van der Waals surface area contributed by atoms with Crippen LogP contribution in [0.2, 0.25) is 0 Å². The van der Waals surface area contributed by atoms with Crippen LogP contribution in [0.4, 0.5) is 0 Å². The van der Waals surface area contributed by atoms with E-state index < -0.39 is 0 Å². The predicted octanol–water partition coefficient (Wildman–Crippen LogP) is 9.37. The second-order valence-corrected chi connectivity index (χ2v) is 8.17. The second-order valence-electron chi connectivity index (χ2n) is 8.17. The summed E-state index contributed by atoms with van der Waals surface area (Å²) in [5, 5.41) is 0. The third-order valence-electron chi connectivity index (χ3n) is 5.15. The van der Waals surface area contributed by atoms with E-state index in [2.05, 4.69) is 6.92 Å². The molecule has 0 N–H and O–H groups in total. The first-order chi connectivity index (χ1) is 15.8. The summed E-state index contributed by atoms with van der Waals surface area (Å²) in [6, 6.07) is 0. The highest BCUT2D eigenvalue weighted by Crippen LogP contribution is 2.13. The molecule has 2 nitrogen and oxygen atoms in total. The Balaban J connectivity index is 3.45. The van der Waals surface area contributed by atoms with Gasteiger partial charge in [-0.3, -0.25) is 4.79 Å². The Kier molecular flexibility index (Phi) is 25.2. The lowest BCUT2D eigenvalue weighted by atomic mass is 10.0. The first-order valence-electron chi connectivity index (χ1n) is 12.9. The third kappa shape index (κ3) is 25.9. The van der Waals surface area contributed by atoms with Crippen LogP contribution >= 0.6 is 0 Å². The van der Waals surface area contributed by atoms with E-state index in [-0.39, 0.29) is 5.97 Å². The van der Waals surface area contributed by atoms with Crippen molar-refractivity contribution in [2.75, 3.05) is 6.61 Å². The van der Waals surface area contributed by atoms with Crippen LogP contribution in [-0.2, 0) is 9.53 Å². The monoisotopic (exact) mass is 440 g/mol. The Morgan fingerprint density at radius 2 is 0.969 bits per heavy atom. The van der Waals surface area contributed by atoms with Crippen molar-refractivity contribution in [2.45, 2.75) is 104 Å². The Labute approximate surface area is 198 Å². The van der Waals surface area contributed by atoms with Crippen molar-refractivity contribution in [1.29, 1.82) is 0 Å². The minimum absolute atomic E-state index is 0.0855. The molecule has 0 atom stereocenters. The molecule has 32 heavy (non-hydrogen) atoms. The molecule has 0 fully saturated rings. The summed E-state index contributed by atoms with van der Waals surface area (Å²) in [6.07, 6.45) is 41.2. The average molecular weight is 441 g/mol. The third-order valence-corrected chi connectivity index (χ3v) is 5.15. The Bertz CT molecular complexity index is 576. The van der Waals surface area contributed by atoms with Gasteiger partial charge in [-0.1, -0.05) is 151 Å². The topological polar surface area (TPSA) is 26.3 Å². The summed E-state index contributed by atoms with van der Waals surface area (Å²) < 4.78 is 5.24. The summed E-state index contributed by atoms with van der Waals surface area (Å²) in [5.74, 6) is -0.0855. The maximum atomic E-state index is 11.7. The van der Waals surface area contributed by atoms with Gasteiger partial charge in [0.25, 0.3) is 0 Å². The van der Waals surface area contributed by atoms with Gasteiger partial charge < -0.3 is 4.74 Å².